The third kappa shape index (κ3) is 4.55. The average Bonchev–Trinajstić information content (AvgIpc) is 3.32. The highest BCUT2D eigenvalue weighted by Gasteiger charge is 2.47. The highest BCUT2D eigenvalue weighted by molar-refractivity contribution is 6.01. The lowest BCUT2D eigenvalue weighted by atomic mass is 9.91. The summed E-state index contributed by atoms with van der Waals surface area (Å²) in [4.78, 5) is 41.8. The number of fused-ring (bicyclic) bond motifs is 2. The second kappa shape index (κ2) is 9.34. The molecule has 3 aliphatic heterocycles. The fourth-order valence-corrected chi connectivity index (χ4v) is 4.74. The average molecular weight is 504 g/mol. The summed E-state index contributed by atoms with van der Waals surface area (Å²) in [6.45, 7) is 0.0473. The molecule has 5 rings (SSSR count). The zero-order valence-electron chi connectivity index (χ0n) is 19.0. The second-order valence-electron chi connectivity index (χ2n) is 8.76. The summed E-state index contributed by atoms with van der Waals surface area (Å²) in [5.74, 6) is -0.691. The molecule has 2 aromatic rings. The van der Waals surface area contributed by atoms with E-state index in [1.165, 1.54) is 17.0 Å². The van der Waals surface area contributed by atoms with Gasteiger partial charge in [-0.05, 0) is 49.2 Å². The van der Waals surface area contributed by atoms with Crippen LogP contribution in [0.25, 0.3) is 0 Å². The Labute approximate surface area is 204 Å². The molecule has 12 heteroatoms. The maximum Gasteiger partial charge on any atom is 0.418 e. The van der Waals surface area contributed by atoms with Crippen molar-refractivity contribution >= 4 is 23.5 Å². The van der Waals surface area contributed by atoms with Crippen molar-refractivity contribution in [3.8, 4) is 11.5 Å². The van der Waals surface area contributed by atoms with Gasteiger partial charge in [-0.25, -0.2) is 4.79 Å². The molecule has 3 heterocycles. The Morgan fingerprint density at radius 1 is 1.11 bits per heavy atom. The van der Waals surface area contributed by atoms with Gasteiger partial charge in [-0.1, -0.05) is 18.2 Å². The van der Waals surface area contributed by atoms with Crippen LogP contribution in [0.5, 0.6) is 11.5 Å². The third-order valence-corrected chi connectivity index (χ3v) is 6.42. The number of piperidine rings is 1. The molecule has 3 aliphatic rings. The van der Waals surface area contributed by atoms with Gasteiger partial charge < -0.3 is 14.8 Å². The van der Waals surface area contributed by atoms with Crippen LogP contribution in [0.15, 0.2) is 42.5 Å². The molecule has 0 aromatic heterocycles. The van der Waals surface area contributed by atoms with E-state index in [-0.39, 0.29) is 19.2 Å². The number of hydrogen-bond donors (Lipinski definition) is 2. The molecular weight excluding hydrogens is 481 g/mol. The van der Waals surface area contributed by atoms with Crippen LogP contribution in [0.1, 0.15) is 24.0 Å². The number of benzene rings is 2. The molecule has 0 bridgehead atoms. The van der Waals surface area contributed by atoms with Gasteiger partial charge in [0.2, 0.25) is 18.6 Å². The quantitative estimate of drug-likeness (QED) is 0.649. The van der Waals surface area contributed by atoms with Crippen molar-refractivity contribution in [2.75, 3.05) is 25.2 Å². The number of alkyl halides is 3. The van der Waals surface area contributed by atoms with Crippen molar-refractivity contribution in [3.63, 3.8) is 0 Å². The molecule has 36 heavy (non-hydrogen) atoms. The number of amides is 4. The van der Waals surface area contributed by atoms with E-state index in [4.69, 9.17) is 9.47 Å². The van der Waals surface area contributed by atoms with Crippen LogP contribution in [0, 0.1) is 5.92 Å². The fraction of sp³-hybridized carbons (Fsp3) is 0.375. The minimum atomic E-state index is -4.66. The molecule has 2 N–H and O–H groups in total. The van der Waals surface area contributed by atoms with E-state index in [0.29, 0.717) is 36.4 Å². The van der Waals surface area contributed by atoms with Crippen molar-refractivity contribution in [3.05, 3.63) is 53.6 Å². The molecule has 190 valence electrons. The molecule has 0 saturated carbocycles. The topological polar surface area (TPSA) is 100 Å². The summed E-state index contributed by atoms with van der Waals surface area (Å²) in [5.41, 5.74) is -0.760. The van der Waals surface area contributed by atoms with E-state index in [1.54, 1.807) is 18.2 Å². The molecule has 2 saturated heterocycles. The predicted molar refractivity (Wildman–Crippen MR) is 120 cm³/mol. The van der Waals surface area contributed by atoms with Crippen LogP contribution in [0.2, 0.25) is 0 Å². The summed E-state index contributed by atoms with van der Waals surface area (Å²) in [6, 6.07) is 8.99. The Morgan fingerprint density at radius 2 is 1.89 bits per heavy atom. The van der Waals surface area contributed by atoms with Crippen molar-refractivity contribution < 1.29 is 37.0 Å². The van der Waals surface area contributed by atoms with E-state index >= 15 is 0 Å². The van der Waals surface area contributed by atoms with Crippen molar-refractivity contribution in [1.29, 1.82) is 0 Å². The molecule has 2 aromatic carbocycles. The number of carbonyl (C=O) groups excluding carboxylic acids is 3. The van der Waals surface area contributed by atoms with Crippen LogP contribution < -0.4 is 20.1 Å². The normalized spacial score (nSPS) is 21.4. The standard InChI is InChI=1S/C24H23F3N4O5/c25-24(26,27)16-5-1-2-6-17(16)29-20(32)12-30-21-15(4-3-9-28-21)22(33)31(23(30)34)11-14-7-8-18-19(10-14)36-13-35-18/h1-2,5-8,10,15,21,28H,3-4,9,11-13H2,(H,29,32). The largest absolute Gasteiger partial charge is 0.454 e. The number of rotatable bonds is 5. The van der Waals surface area contributed by atoms with Gasteiger partial charge >= 0.3 is 12.2 Å². The summed E-state index contributed by atoms with van der Waals surface area (Å²) < 4.78 is 50.7. The number of para-hydroxylation sites is 1. The summed E-state index contributed by atoms with van der Waals surface area (Å²) in [5, 5.41) is 5.39. The van der Waals surface area contributed by atoms with Gasteiger partial charge in [-0.15, -0.1) is 0 Å². The number of hydrogen-bond acceptors (Lipinski definition) is 6. The highest BCUT2D eigenvalue weighted by Crippen LogP contribution is 2.36. The molecule has 2 unspecified atom stereocenters. The monoisotopic (exact) mass is 504 g/mol. The zero-order chi connectivity index (χ0) is 25.4. The zero-order valence-corrected chi connectivity index (χ0v) is 19.0. The van der Waals surface area contributed by atoms with Crippen molar-refractivity contribution in [2.24, 2.45) is 5.92 Å². The third-order valence-electron chi connectivity index (χ3n) is 6.42. The van der Waals surface area contributed by atoms with Gasteiger partial charge in [0.1, 0.15) is 6.54 Å². The van der Waals surface area contributed by atoms with Gasteiger partial charge in [0, 0.05) is 0 Å². The number of nitrogens with one attached hydrogen (secondary N) is 2. The number of nitrogens with zero attached hydrogens (tertiary/aromatic N) is 2. The minimum absolute atomic E-state index is 0.0491. The van der Waals surface area contributed by atoms with E-state index < -0.39 is 48.0 Å². The van der Waals surface area contributed by atoms with E-state index in [9.17, 15) is 27.6 Å². The number of imide groups is 1. The Bertz CT molecular complexity index is 1200. The fourth-order valence-electron chi connectivity index (χ4n) is 4.74. The highest BCUT2D eigenvalue weighted by atomic mass is 19.4. The van der Waals surface area contributed by atoms with Crippen LogP contribution in [0.3, 0.4) is 0 Å². The number of ether oxygens (including phenoxy) is 2. The lowest BCUT2D eigenvalue weighted by Crippen LogP contribution is -2.68. The van der Waals surface area contributed by atoms with Gasteiger partial charge in [-0.3, -0.25) is 24.7 Å². The summed E-state index contributed by atoms with van der Waals surface area (Å²) in [7, 11) is 0. The molecule has 4 amide bonds. The van der Waals surface area contributed by atoms with Crippen LogP contribution in [0.4, 0.5) is 23.7 Å². The second-order valence-corrected chi connectivity index (χ2v) is 8.76. The van der Waals surface area contributed by atoms with E-state index in [0.717, 1.165) is 17.0 Å². The smallest absolute Gasteiger partial charge is 0.418 e. The van der Waals surface area contributed by atoms with Crippen LogP contribution in [-0.4, -0.2) is 53.7 Å². The van der Waals surface area contributed by atoms with Crippen LogP contribution >= 0.6 is 0 Å². The first kappa shape index (κ1) is 23.9. The molecule has 2 atom stereocenters. The first-order valence-electron chi connectivity index (χ1n) is 11.4. The molecule has 0 aliphatic carbocycles. The SMILES string of the molecule is O=C(CN1C(=O)N(Cc2ccc3c(c2)OCO3)C(=O)C2CCCNC21)Nc1ccccc1C(F)(F)F. The molecule has 0 spiro atoms. The van der Waals surface area contributed by atoms with E-state index in [2.05, 4.69) is 10.6 Å². The summed E-state index contributed by atoms with van der Waals surface area (Å²) in [6.07, 6.45) is -4.17. The van der Waals surface area contributed by atoms with Crippen molar-refractivity contribution in [1.82, 2.24) is 15.1 Å². The van der Waals surface area contributed by atoms with Gasteiger partial charge in [0.15, 0.2) is 11.5 Å². The molecule has 2 fully saturated rings. The molecular formula is C24H23F3N4O5. The Hall–Kier alpha value is -3.80. The van der Waals surface area contributed by atoms with E-state index in [1.807, 2.05) is 0 Å². The van der Waals surface area contributed by atoms with Crippen LogP contribution in [-0.2, 0) is 22.3 Å². The van der Waals surface area contributed by atoms with Gasteiger partial charge in [0.05, 0.1) is 29.9 Å². The number of anilines is 1. The van der Waals surface area contributed by atoms with Gasteiger partial charge in [-0.2, -0.15) is 13.2 Å². The first-order chi connectivity index (χ1) is 17.2. The molecule has 0 radical (unpaired) electrons. The Balaban J connectivity index is 1.37. The summed E-state index contributed by atoms with van der Waals surface area (Å²) >= 11 is 0. The maximum absolute atomic E-state index is 13.4. The Morgan fingerprint density at radius 3 is 2.69 bits per heavy atom. The lowest BCUT2D eigenvalue weighted by Gasteiger charge is -2.46. The molecule has 9 nitrogen and oxygen atoms in total. The van der Waals surface area contributed by atoms with Crippen molar-refractivity contribution in [2.45, 2.75) is 31.7 Å². The predicted octanol–water partition coefficient (Wildman–Crippen LogP) is 3.16. The number of carbonyl (C=O) groups is 3. The minimum Gasteiger partial charge on any atom is -0.454 e. The number of halogens is 3. The Kier molecular flexibility index (Phi) is 6.20. The number of urea groups is 1. The lowest BCUT2D eigenvalue weighted by molar-refractivity contribution is -0.143. The first-order valence-corrected chi connectivity index (χ1v) is 11.4. The maximum atomic E-state index is 13.4. The van der Waals surface area contributed by atoms with Gasteiger partial charge in [0.25, 0.3) is 0 Å².